The highest BCUT2D eigenvalue weighted by Crippen LogP contribution is 2.40. The van der Waals surface area contributed by atoms with Crippen molar-refractivity contribution in [3.8, 4) is 5.69 Å². The largest absolute Gasteiger partial charge is 0.338 e. The summed E-state index contributed by atoms with van der Waals surface area (Å²) in [7, 11) is 0. The van der Waals surface area contributed by atoms with Gasteiger partial charge in [0.15, 0.2) is 11.6 Å². The fourth-order valence-electron chi connectivity index (χ4n) is 3.69. The second kappa shape index (κ2) is 6.54. The molecule has 0 bridgehead atoms. The smallest absolute Gasteiger partial charge is 0.169 e. The standard InChI is InChI=1S/C22H22ClN3O/c1-14-16(23)10-7-11-17(14)24-21-20-18(12-22(2,3)13-19(20)27)26(25-21)15-8-5-4-6-9-15/h4-11H,12-13H2,1-3H3,(H,24,25). The number of benzene rings is 2. The molecule has 0 fully saturated rings. The molecule has 2 aromatic carbocycles. The minimum absolute atomic E-state index is 0.0834. The first-order valence-electron chi connectivity index (χ1n) is 9.08. The van der Waals surface area contributed by atoms with Crippen molar-refractivity contribution in [1.29, 1.82) is 0 Å². The Hall–Kier alpha value is -2.59. The van der Waals surface area contributed by atoms with E-state index in [4.69, 9.17) is 16.7 Å². The zero-order valence-electron chi connectivity index (χ0n) is 15.7. The van der Waals surface area contributed by atoms with Crippen LogP contribution in [0.2, 0.25) is 5.02 Å². The Morgan fingerprint density at radius 3 is 2.56 bits per heavy atom. The molecule has 0 atom stereocenters. The number of Topliss-reactive ketones (excluding diaryl/α,β-unsaturated/α-hetero) is 1. The number of nitrogens with one attached hydrogen (secondary N) is 1. The molecule has 0 saturated heterocycles. The number of carbonyl (C=O) groups is 1. The summed E-state index contributed by atoms with van der Waals surface area (Å²) >= 11 is 6.26. The molecule has 27 heavy (non-hydrogen) atoms. The van der Waals surface area contributed by atoms with Crippen molar-refractivity contribution in [3.63, 3.8) is 0 Å². The van der Waals surface area contributed by atoms with E-state index >= 15 is 0 Å². The van der Waals surface area contributed by atoms with Crippen LogP contribution < -0.4 is 5.32 Å². The number of fused-ring (bicyclic) bond motifs is 1. The minimum Gasteiger partial charge on any atom is -0.338 e. The molecule has 3 aromatic rings. The number of rotatable bonds is 3. The van der Waals surface area contributed by atoms with Gasteiger partial charge in [0.1, 0.15) is 0 Å². The first-order valence-corrected chi connectivity index (χ1v) is 9.46. The van der Waals surface area contributed by atoms with Crippen molar-refractivity contribution < 1.29 is 4.79 Å². The van der Waals surface area contributed by atoms with Gasteiger partial charge in [-0.15, -0.1) is 5.10 Å². The molecule has 0 spiro atoms. The Bertz CT molecular complexity index is 1020. The summed E-state index contributed by atoms with van der Waals surface area (Å²) in [5.74, 6) is 0.727. The van der Waals surface area contributed by atoms with Crippen LogP contribution in [0, 0.1) is 12.3 Å². The van der Waals surface area contributed by atoms with Crippen molar-refractivity contribution in [2.24, 2.45) is 5.41 Å². The monoisotopic (exact) mass is 379 g/mol. The van der Waals surface area contributed by atoms with Crippen molar-refractivity contribution in [1.82, 2.24) is 9.78 Å². The van der Waals surface area contributed by atoms with Crippen LogP contribution in [-0.4, -0.2) is 15.6 Å². The van der Waals surface area contributed by atoms with Gasteiger partial charge in [0, 0.05) is 17.1 Å². The van der Waals surface area contributed by atoms with Gasteiger partial charge in [0.2, 0.25) is 0 Å². The number of nitrogens with zero attached hydrogens (tertiary/aromatic N) is 2. The van der Waals surface area contributed by atoms with Gasteiger partial charge in [-0.2, -0.15) is 0 Å². The summed E-state index contributed by atoms with van der Waals surface area (Å²) in [5.41, 5.74) is 4.32. The summed E-state index contributed by atoms with van der Waals surface area (Å²) in [4.78, 5) is 13.0. The number of halogens is 1. The highest BCUT2D eigenvalue weighted by atomic mass is 35.5. The van der Waals surface area contributed by atoms with E-state index in [0.29, 0.717) is 22.8 Å². The molecular formula is C22H22ClN3O. The molecule has 4 nitrogen and oxygen atoms in total. The summed E-state index contributed by atoms with van der Waals surface area (Å²) in [6.45, 7) is 6.21. The molecule has 1 aliphatic carbocycles. The summed E-state index contributed by atoms with van der Waals surface area (Å²) in [6.07, 6.45) is 1.32. The van der Waals surface area contributed by atoms with Crippen molar-refractivity contribution in [2.45, 2.75) is 33.6 Å². The SMILES string of the molecule is Cc1c(Cl)cccc1Nc1nn(-c2ccccc2)c2c1C(=O)CC(C)(C)C2. The van der Waals surface area contributed by atoms with Crippen LogP contribution >= 0.6 is 11.6 Å². The van der Waals surface area contributed by atoms with Gasteiger partial charge >= 0.3 is 0 Å². The summed E-state index contributed by atoms with van der Waals surface area (Å²) in [6, 6.07) is 15.6. The number of carbonyl (C=O) groups excluding carboxylic acids is 1. The third kappa shape index (κ3) is 3.26. The third-order valence-corrected chi connectivity index (χ3v) is 5.48. The topological polar surface area (TPSA) is 46.9 Å². The van der Waals surface area contributed by atoms with E-state index in [1.54, 1.807) is 0 Å². The maximum absolute atomic E-state index is 13.0. The normalized spacial score (nSPS) is 15.5. The van der Waals surface area contributed by atoms with Crippen LogP contribution in [0.3, 0.4) is 0 Å². The highest BCUT2D eigenvalue weighted by molar-refractivity contribution is 6.31. The lowest BCUT2D eigenvalue weighted by atomic mass is 9.76. The molecule has 0 aliphatic heterocycles. The van der Waals surface area contributed by atoms with Crippen molar-refractivity contribution >= 4 is 28.9 Å². The van der Waals surface area contributed by atoms with E-state index in [1.165, 1.54) is 0 Å². The number of anilines is 2. The highest BCUT2D eigenvalue weighted by Gasteiger charge is 2.37. The molecule has 0 amide bonds. The Balaban J connectivity index is 1.87. The lowest BCUT2D eigenvalue weighted by molar-refractivity contribution is 0.0912. The van der Waals surface area contributed by atoms with E-state index in [2.05, 4.69) is 19.2 Å². The van der Waals surface area contributed by atoms with Gasteiger partial charge < -0.3 is 5.32 Å². The van der Waals surface area contributed by atoms with E-state index in [1.807, 2.05) is 60.1 Å². The number of hydrogen-bond acceptors (Lipinski definition) is 3. The second-order valence-electron chi connectivity index (χ2n) is 7.90. The Kier molecular flexibility index (Phi) is 4.31. The predicted molar refractivity (Wildman–Crippen MR) is 109 cm³/mol. The lowest BCUT2D eigenvalue weighted by Gasteiger charge is -2.29. The van der Waals surface area contributed by atoms with Gasteiger partial charge in [0.05, 0.1) is 16.9 Å². The number of aromatic nitrogens is 2. The zero-order valence-corrected chi connectivity index (χ0v) is 16.5. The van der Waals surface area contributed by atoms with Crippen molar-refractivity contribution in [2.75, 3.05) is 5.32 Å². The van der Waals surface area contributed by atoms with Crippen LogP contribution in [0.5, 0.6) is 0 Å². The molecular weight excluding hydrogens is 358 g/mol. The molecule has 0 unspecified atom stereocenters. The molecule has 5 heteroatoms. The summed E-state index contributed by atoms with van der Waals surface area (Å²) < 4.78 is 1.90. The van der Waals surface area contributed by atoms with Crippen LogP contribution in [0.15, 0.2) is 48.5 Å². The van der Waals surface area contributed by atoms with E-state index in [-0.39, 0.29) is 11.2 Å². The molecule has 1 N–H and O–H groups in total. The van der Waals surface area contributed by atoms with Crippen molar-refractivity contribution in [3.05, 3.63) is 70.4 Å². The van der Waals surface area contributed by atoms with E-state index in [9.17, 15) is 4.79 Å². The van der Waals surface area contributed by atoms with Crippen LogP contribution in [0.4, 0.5) is 11.5 Å². The average Bonchev–Trinajstić information content (AvgIpc) is 2.97. The number of hydrogen-bond donors (Lipinski definition) is 1. The van der Waals surface area contributed by atoms with Crippen LogP contribution in [0.1, 0.15) is 41.9 Å². The number of para-hydroxylation sites is 1. The molecule has 1 aromatic heterocycles. The Labute approximate surface area is 164 Å². The van der Waals surface area contributed by atoms with Gasteiger partial charge in [-0.05, 0) is 48.6 Å². The first-order chi connectivity index (χ1) is 12.9. The third-order valence-electron chi connectivity index (χ3n) is 5.07. The summed E-state index contributed by atoms with van der Waals surface area (Å²) in [5, 5.41) is 8.82. The second-order valence-corrected chi connectivity index (χ2v) is 8.30. The number of ketones is 1. The van der Waals surface area contributed by atoms with E-state index in [0.717, 1.165) is 29.1 Å². The molecule has 4 rings (SSSR count). The first kappa shape index (κ1) is 17.8. The molecule has 1 aliphatic rings. The Morgan fingerprint density at radius 2 is 1.81 bits per heavy atom. The van der Waals surface area contributed by atoms with Gasteiger partial charge in [-0.1, -0.05) is 49.7 Å². The van der Waals surface area contributed by atoms with Gasteiger partial charge in [0.25, 0.3) is 0 Å². The maximum atomic E-state index is 13.0. The maximum Gasteiger partial charge on any atom is 0.169 e. The van der Waals surface area contributed by atoms with E-state index < -0.39 is 0 Å². The lowest BCUT2D eigenvalue weighted by Crippen LogP contribution is -2.28. The average molecular weight is 380 g/mol. The van der Waals surface area contributed by atoms with Crippen LogP contribution in [0.25, 0.3) is 5.69 Å². The molecule has 138 valence electrons. The fraction of sp³-hybridized carbons (Fsp3) is 0.273. The quantitative estimate of drug-likeness (QED) is 0.631. The van der Waals surface area contributed by atoms with Gasteiger partial charge in [-0.3, -0.25) is 4.79 Å². The molecule has 0 saturated carbocycles. The van der Waals surface area contributed by atoms with Crippen LogP contribution in [-0.2, 0) is 6.42 Å². The Morgan fingerprint density at radius 1 is 1.07 bits per heavy atom. The predicted octanol–water partition coefficient (Wildman–Crippen LogP) is 5.73. The fourth-order valence-corrected chi connectivity index (χ4v) is 3.86. The molecule has 0 radical (unpaired) electrons. The minimum atomic E-state index is -0.0834. The zero-order chi connectivity index (χ0) is 19.2. The molecule has 1 heterocycles. The van der Waals surface area contributed by atoms with Gasteiger partial charge in [-0.25, -0.2) is 4.68 Å².